The van der Waals surface area contributed by atoms with Gasteiger partial charge in [0.15, 0.2) is 5.96 Å². The Kier molecular flexibility index (Phi) is 11.3. The molecular weight excluding hydrogens is 482 g/mol. The maximum atomic E-state index is 13.0. The lowest BCUT2D eigenvalue weighted by molar-refractivity contribution is 0.0939. The number of nitrogens with zero attached hydrogens (tertiary/aromatic N) is 1. The Morgan fingerprint density at radius 1 is 1.07 bits per heavy atom. The summed E-state index contributed by atoms with van der Waals surface area (Å²) in [5.74, 6) is 0.351. The summed E-state index contributed by atoms with van der Waals surface area (Å²) in [5, 5.41) is 9.40. The van der Waals surface area contributed by atoms with Crippen molar-refractivity contribution in [3.63, 3.8) is 0 Å². The minimum Gasteiger partial charge on any atom is -0.357 e. The fraction of sp³-hybridized carbons (Fsp3) is 0.364. The first-order valence-corrected chi connectivity index (χ1v) is 9.68. The zero-order valence-electron chi connectivity index (χ0n) is 17.2. The molecule has 2 aromatic rings. The van der Waals surface area contributed by atoms with E-state index < -0.39 is 0 Å². The Morgan fingerprint density at radius 2 is 1.79 bits per heavy atom. The lowest BCUT2D eigenvalue weighted by Gasteiger charge is -2.13. The predicted octanol–water partition coefficient (Wildman–Crippen LogP) is 4.23. The van der Waals surface area contributed by atoms with Gasteiger partial charge in [-0.25, -0.2) is 9.38 Å². The van der Waals surface area contributed by atoms with Crippen LogP contribution in [0.15, 0.2) is 53.5 Å². The summed E-state index contributed by atoms with van der Waals surface area (Å²) in [6, 6.07) is 14.0. The standard InChI is InChI=1S/C22H29FN4O.HI/c1-4-16(3)27-21(28)19-8-6-7-18(13-19)15-26-22(24-5-2)25-14-17-9-11-20(23)12-10-17;/h6-13,16H,4-5,14-15H2,1-3H3,(H,27,28)(H2,24,25,26);1H. The first kappa shape index (κ1) is 24.9. The number of carbonyl (C=O) groups excluding carboxylic acids is 1. The Hall–Kier alpha value is -2.16. The van der Waals surface area contributed by atoms with Gasteiger partial charge in [0.2, 0.25) is 0 Å². The SMILES string of the molecule is CCNC(=NCc1cccc(C(=O)NC(C)CC)c1)NCc1ccc(F)cc1.I. The second-order valence-electron chi connectivity index (χ2n) is 6.66. The van der Waals surface area contributed by atoms with Gasteiger partial charge in [0.25, 0.3) is 5.91 Å². The van der Waals surface area contributed by atoms with Crippen molar-refractivity contribution < 1.29 is 9.18 Å². The van der Waals surface area contributed by atoms with Crippen LogP contribution < -0.4 is 16.0 Å². The van der Waals surface area contributed by atoms with Gasteiger partial charge in [-0.15, -0.1) is 24.0 Å². The highest BCUT2D eigenvalue weighted by atomic mass is 127. The van der Waals surface area contributed by atoms with E-state index in [0.717, 1.165) is 24.1 Å². The quantitative estimate of drug-likeness (QED) is 0.282. The van der Waals surface area contributed by atoms with Crippen LogP contribution in [0, 0.1) is 5.82 Å². The molecular formula is C22H30FIN4O. The zero-order valence-corrected chi connectivity index (χ0v) is 19.5. The van der Waals surface area contributed by atoms with Gasteiger partial charge in [0.05, 0.1) is 6.54 Å². The Morgan fingerprint density at radius 3 is 2.45 bits per heavy atom. The van der Waals surface area contributed by atoms with E-state index in [1.807, 2.05) is 45.0 Å². The van der Waals surface area contributed by atoms with Crippen LogP contribution in [0.25, 0.3) is 0 Å². The van der Waals surface area contributed by atoms with Crippen molar-refractivity contribution in [2.45, 2.75) is 46.3 Å². The summed E-state index contributed by atoms with van der Waals surface area (Å²) < 4.78 is 13.0. The van der Waals surface area contributed by atoms with E-state index >= 15 is 0 Å². The van der Waals surface area contributed by atoms with Crippen molar-refractivity contribution in [1.82, 2.24) is 16.0 Å². The molecule has 5 nitrogen and oxygen atoms in total. The second kappa shape index (κ2) is 13.1. The number of amides is 1. The monoisotopic (exact) mass is 512 g/mol. The number of nitrogens with one attached hydrogen (secondary N) is 3. The first-order valence-electron chi connectivity index (χ1n) is 9.68. The molecule has 0 bridgehead atoms. The maximum absolute atomic E-state index is 13.0. The van der Waals surface area contributed by atoms with E-state index in [0.29, 0.717) is 24.6 Å². The fourth-order valence-corrected chi connectivity index (χ4v) is 2.52. The molecule has 158 valence electrons. The topological polar surface area (TPSA) is 65.5 Å². The number of aliphatic imine (C=N–C) groups is 1. The van der Waals surface area contributed by atoms with Crippen LogP contribution in [0.4, 0.5) is 4.39 Å². The highest BCUT2D eigenvalue weighted by Crippen LogP contribution is 2.08. The maximum Gasteiger partial charge on any atom is 0.251 e. The average Bonchev–Trinajstić information content (AvgIpc) is 2.71. The molecule has 1 atom stereocenters. The summed E-state index contributed by atoms with van der Waals surface area (Å²) in [6.07, 6.45) is 0.890. The number of halogens is 2. The van der Waals surface area contributed by atoms with Gasteiger partial charge in [0.1, 0.15) is 5.82 Å². The molecule has 0 fully saturated rings. The summed E-state index contributed by atoms with van der Waals surface area (Å²) in [5.41, 5.74) is 2.56. The smallest absolute Gasteiger partial charge is 0.251 e. The lowest BCUT2D eigenvalue weighted by atomic mass is 10.1. The minimum absolute atomic E-state index is 0. The molecule has 2 aromatic carbocycles. The van der Waals surface area contributed by atoms with E-state index in [1.165, 1.54) is 12.1 Å². The Balaban J connectivity index is 0.00000420. The number of hydrogen-bond donors (Lipinski definition) is 3. The molecule has 0 heterocycles. The molecule has 0 saturated heterocycles. The number of hydrogen-bond acceptors (Lipinski definition) is 2. The van der Waals surface area contributed by atoms with Gasteiger partial charge >= 0.3 is 0 Å². The van der Waals surface area contributed by atoms with Crippen molar-refractivity contribution in [2.75, 3.05) is 6.54 Å². The third kappa shape index (κ3) is 8.81. The first-order chi connectivity index (χ1) is 13.5. The molecule has 0 saturated carbocycles. The third-order valence-corrected chi connectivity index (χ3v) is 4.32. The zero-order chi connectivity index (χ0) is 20.4. The van der Waals surface area contributed by atoms with Gasteiger partial charge in [-0.2, -0.15) is 0 Å². The van der Waals surface area contributed by atoms with Crippen LogP contribution in [-0.4, -0.2) is 24.5 Å². The highest BCUT2D eigenvalue weighted by molar-refractivity contribution is 14.0. The summed E-state index contributed by atoms with van der Waals surface area (Å²) >= 11 is 0. The van der Waals surface area contributed by atoms with E-state index in [1.54, 1.807) is 12.1 Å². The minimum atomic E-state index is -0.249. The van der Waals surface area contributed by atoms with Crippen LogP contribution in [0.2, 0.25) is 0 Å². The van der Waals surface area contributed by atoms with Crippen LogP contribution >= 0.6 is 24.0 Å². The molecule has 29 heavy (non-hydrogen) atoms. The molecule has 0 aliphatic rings. The van der Waals surface area contributed by atoms with Crippen LogP contribution in [0.5, 0.6) is 0 Å². The molecule has 3 N–H and O–H groups in total. The van der Waals surface area contributed by atoms with E-state index in [2.05, 4.69) is 20.9 Å². The van der Waals surface area contributed by atoms with Gasteiger partial charge in [0, 0.05) is 24.7 Å². The van der Waals surface area contributed by atoms with Crippen LogP contribution in [0.3, 0.4) is 0 Å². The Bertz CT molecular complexity index is 796. The number of carbonyl (C=O) groups is 1. The molecule has 0 aromatic heterocycles. The predicted molar refractivity (Wildman–Crippen MR) is 127 cm³/mol. The average molecular weight is 512 g/mol. The molecule has 2 rings (SSSR count). The molecule has 0 radical (unpaired) electrons. The van der Waals surface area contributed by atoms with Crippen LogP contribution in [-0.2, 0) is 13.1 Å². The van der Waals surface area contributed by atoms with E-state index in [-0.39, 0.29) is 41.7 Å². The molecule has 1 amide bonds. The molecule has 0 spiro atoms. The fourth-order valence-electron chi connectivity index (χ4n) is 2.52. The van der Waals surface area contributed by atoms with Gasteiger partial charge in [-0.05, 0) is 55.7 Å². The van der Waals surface area contributed by atoms with Gasteiger partial charge in [-0.1, -0.05) is 31.2 Å². The third-order valence-electron chi connectivity index (χ3n) is 4.32. The van der Waals surface area contributed by atoms with Crippen molar-refractivity contribution in [3.8, 4) is 0 Å². The summed E-state index contributed by atoms with van der Waals surface area (Å²) in [7, 11) is 0. The number of rotatable bonds is 8. The van der Waals surface area contributed by atoms with E-state index in [9.17, 15) is 9.18 Å². The van der Waals surface area contributed by atoms with Crippen LogP contribution in [0.1, 0.15) is 48.7 Å². The molecule has 0 aliphatic carbocycles. The Labute approximate surface area is 189 Å². The molecule has 0 aliphatic heterocycles. The largest absolute Gasteiger partial charge is 0.357 e. The van der Waals surface area contributed by atoms with E-state index in [4.69, 9.17) is 0 Å². The van der Waals surface area contributed by atoms with Gasteiger partial charge < -0.3 is 16.0 Å². The molecule has 1 unspecified atom stereocenters. The lowest BCUT2D eigenvalue weighted by Crippen LogP contribution is -2.36. The molecule has 7 heteroatoms. The van der Waals surface area contributed by atoms with Crippen molar-refractivity contribution in [2.24, 2.45) is 4.99 Å². The summed E-state index contributed by atoms with van der Waals surface area (Å²) in [6.45, 7) is 7.74. The van der Waals surface area contributed by atoms with Crippen molar-refractivity contribution in [1.29, 1.82) is 0 Å². The number of guanidine groups is 1. The van der Waals surface area contributed by atoms with Crippen molar-refractivity contribution in [3.05, 3.63) is 71.0 Å². The second-order valence-corrected chi connectivity index (χ2v) is 6.66. The number of benzene rings is 2. The summed E-state index contributed by atoms with van der Waals surface area (Å²) in [4.78, 5) is 16.9. The highest BCUT2D eigenvalue weighted by Gasteiger charge is 2.09. The normalized spacial score (nSPS) is 11.9. The van der Waals surface area contributed by atoms with Gasteiger partial charge in [-0.3, -0.25) is 4.79 Å². The van der Waals surface area contributed by atoms with Crippen molar-refractivity contribution >= 4 is 35.8 Å².